The Kier molecular flexibility index (Phi) is 5.99. The molecule has 2 fully saturated rings. The van der Waals surface area contributed by atoms with Crippen LogP contribution < -0.4 is 15.5 Å². The molecule has 2 aliphatic rings. The molecule has 2 atom stereocenters. The first kappa shape index (κ1) is 20.3. The number of fused-ring (bicyclic) bond motifs is 2. The number of benzene rings is 1. The largest absolute Gasteiger partial charge is 0.507 e. The number of nitrogens with one attached hydrogen (secondary N) is 2. The lowest BCUT2D eigenvalue weighted by Crippen LogP contribution is -2.54. The number of aromatic hydroxyl groups is 1. The Morgan fingerprint density at radius 3 is 2.60 bits per heavy atom. The van der Waals surface area contributed by atoms with Crippen LogP contribution in [0.3, 0.4) is 0 Å². The summed E-state index contributed by atoms with van der Waals surface area (Å²) in [4.78, 5) is 13.6. The molecule has 2 unspecified atom stereocenters. The first-order valence-electron chi connectivity index (χ1n) is 10.6. The van der Waals surface area contributed by atoms with E-state index in [1.54, 1.807) is 25.3 Å². The van der Waals surface area contributed by atoms with E-state index in [1.807, 2.05) is 18.2 Å². The van der Waals surface area contributed by atoms with Crippen LogP contribution in [0, 0.1) is 0 Å². The second-order valence-electron chi connectivity index (χ2n) is 8.23. The van der Waals surface area contributed by atoms with Gasteiger partial charge in [0.25, 0.3) is 0 Å². The van der Waals surface area contributed by atoms with Crippen molar-refractivity contribution in [1.82, 2.24) is 20.8 Å². The number of anilines is 1. The summed E-state index contributed by atoms with van der Waals surface area (Å²) >= 11 is 0. The Morgan fingerprint density at radius 1 is 1.20 bits per heavy atom. The number of rotatable bonds is 5. The highest BCUT2D eigenvalue weighted by Gasteiger charge is 2.33. The van der Waals surface area contributed by atoms with E-state index in [9.17, 15) is 9.90 Å². The molecule has 1 aromatic heterocycles. The van der Waals surface area contributed by atoms with Crippen molar-refractivity contribution in [3.05, 3.63) is 42.0 Å². The van der Waals surface area contributed by atoms with Crippen molar-refractivity contribution in [2.45, 2.75) is 50.2 Å². The van der Waals surface area contributed by atoms with Crippen molar-refractivity contribution in [2.75, 3.05) is 19.0 Å². The summed E-state index contributed by atoms with van der Waals surface area (Å²) < 4.78 is 0. The maximum atomic E-state index is 11.3. The van der Waals surface area contributed by atoms with Crippen molar-refractivity contribution in [1.29, 1.82) is 0 Å². The van der Waals surface area contributed by atoms with E-state index in [0.717, 1.165) is 24.2 Å². The molecule has 0 radical (unpaired) electrons. The lowest BCUT2D eigenvalue weighted by molar-refractivity contribution is -0.115. The number of phenolic OH excluding ortho intramolecular Hbond substituents is 1. The van der Waals surface area contributed by atoms with Gasteiger partial charge < -0.3 is 20.6 Å². The average molecular weight is 408 g/mol. The Hall–Kier alpha value is -2.93. The number of carbonyl (C=O) groups is 1. The lowest BCUT2D eigenvalue weighted by atomic mass is 9.83. The van der Waals surface area contributed by atoms with Crippen LogP contribution in [0.15, 0.2) is 36.4 Å². The second kappa shape index (κ2) is 8.83. The maximum absolute atomic E-state index is 11.3. The van der Waals surface area contributed by atoms with Crippen LogP contribution in [-0.2, 0) is 4.79 Å². The smallest absolute Gasteiger partial charge is 0.243 e. The third-order valence-corrected chi connectivity index (χ3v) is 6.22. The minimum Gasteiger partial charge on any atom is -0.507 e. The number of hydrogen-bond acceptors (Lipinski definition) is 6. The third kappa shape index (κ3) is 4.46. The van der Waals surface area contributed by atoms with Gasteiger partial charge in [-0.15, -0.1) is 10.2 Å². The van der Waals surface area contributed by atoms with Crippen LogP contribution in [0.4, 0.5) is 5.82 Å². The molecule has 3 N–H and O–H groups in total. The van der Waals surface area contributed by atoms with Gasteiger partial charge >= 0.3 is 0 Å². The molecule has 30 heavy (non-hydrogen) atoms. The molecule has 0 spiro atoms. The highest BCUT2D eigenvalue weighted by atomic mass is 16.3. The fraction of sp³-hybridized carbons (Fsp3) is 0.435. The molecule has 7 nitrogen and oxygen atoms in total. The fourth-order valence-corrected chi connectivity index (χ4v) is 4.52. The van der Waals surface area contributed by atoms with Gasteiger partial charge in [0, 0.05) is 43.9 Å². The molecule has 0 saturated carbocycles. The molecule has 3 heterocycles. The monoisotopic (exact) mass is 407 g/mol. The van der Waals surface area contributed by atoms with E-state index in [0.29, 0.717) is 29.4 Å². The van der Waals surface area contributed by atoms with Gasteiger partial charge in [0.15, 0.2) is 5.82 Å². The molecular formula is C23H29N5O2. The normalized spacial score (nSPS) is 23.3. The summed E-state index contributed by atoms with van der Waals surface area (Å²) in [6.45, 7) is 0. The van der Waals surface area contributed by atoms with Gasteiger partial charge in [-0.25, -0.2) is 0 Å². The van der Waals surface area contributed by atoms with Crippen molar-refractivity contribution < 1.29 is 9.90 Å². The summed E-state index contributed by atoms with van der Waals surface area (Å²) in [5.74, 6) is 0.769. The molecular weight excluding hydrogens is 378 g/mol. The van der Waals surface area contributed by atoms with Crippen LogP contribution in [0.2, 0.25) is 0 Å². The maximum Gasteiger partial charge on any atom is 0.243 e. The number of amides is 1. The highest BCUT2D eigenvalue weighted by Crippen LogP contribution is 2.32. The SMILES string of the molecule is CNC(=O)/C=C/c1ccc(-c2ccc(N(C)C3CC4CCCC(C3)N4)nn2)c(O)c1. The average Bonchev–Trinajstić information content (AvgIpc) is 2.77. The van der Waals surface area contributed by atoms with Crippen LogP contribution in [0.1, 0.15) is 37.7 Å². The number of hydrogen-bond donors (Lipinski definition) is 3. The number of likely N-dealkylation sites (N-methyl/N-ethyl adjacent to an activating group) is 1. The minimum atomic E-state index is -0.193. The van der Waals surface area contributed by atoms with Crippen molar-refractivity contribution in [2.24, 2.45) is 0 Å². The van der Waals surface area contributed by atoms with E-state index in [4.69, 9.17) is 0 Å². The summed E-state index contributed by atoms with van der Waals surface area (Å²) in [5, 5.41) is 25.5. The standard InChI is InChI=1S/C23H29N5O2/c1-24-23(30)11-7-15-6-8-19(21(29)12-15)20-9-10-22(27-26-20)28(2)18-13-16-4-3-5-17(14-18)25-16/h6-12,16-18,25,29H,3-5,13-14H2,1-2H3,(H,24,30)/b11-7+. The Balaban J connectivity index is 1.46. The van der Waals surface area contributed by atoms with Crippen LogP contribution in [0.5, 0.6) is 5.75 Å². The second-order valence-corrected chi connectivity index (χ2v) is 8.23. The zero-order valence-corrected chi connectivity index (χ0v) is 17.5. The van der Waals surface area contributed by atoms with Gasteiger partial charge in [-0.1, -0.05) is 12.5 Å². The number of piperidine rings is 2. The van der Waals surface area contributed by atoms with Crippen molar-refractivity contribution in [3.8, 4) is 17.0 Å². The molecule has 2 saturated heterocycles. The van der Waals surface area contributed by atoms with E-state index >= 15 is 0 Å². The van der Waals surface area contributed by atoms with Gasteiger partial charge in [0.1, 0.15) is 5.75 Å². The fourth-order valence-electron chi connectivity index (χ4n) is 4.52. The Labute approximate surface area is 177 Å². The zero-order valence-electron chi connectivity index (χ0n) is 17.5. The zero-order chi connectivity index (χ0) is 21.1. The highest BCUT2D eigenvalue weighted by molar-refractivity contribution is 5.91. The Morgan fingerprint density at radius 2 is 1.97 bits per heavy atom. The topological polar surface area (TPSA) is 90.4 Å². The summed E-state index contributed by atoms with van der Waals surface area (Å²) in [6, 6.07) is 10.8. The van der Waals surface area contributed by atoms with Crippen LogP contribution in [-0.4, -0.2) is 53.4 Å². The molecule has 158 valence electrons. The summed E-state index contributed by atoms with van der Waals surface area (Å²) in [6.07, 6.45) is 9.22. The van der Waals surface area contributed by atoms with Crippen molar-refractivity contribution >= 4 is 17.8 Å². The predicted molar refractivity (Wildman–Crippen MR) is 118 cm³/mol. The third-order valence-electron chi connectivity index (χ3n) is 6.22. The molecule has 2 aliphatic heterocycles. The molecule has 2 bridgehead atoms. The first-order valence-corrected chi connectivity index (χ1v) is 10.6. The van der Waals surface area contributed by atoms with E-state index in [1.165, 1.54) is 25.3 Å². The number of phenols is 1. The molecule has 4 rings (SSSR count). The minimum absolute atomic E-state index is 0.107. The lowest BCUT2D eigenvalue weighted by Gasteiger charge is -2.43. The predicted octanol–water partition coefficient (Wildman–Crippen LogP) is 2.72. The van der Waals surface area contributed by atoms with Crippen LogP contribution >= 0.6 is 0 Å². The number of nitrogens with zero attached hydrogens (tertiary/aromatic N) is 3. The molecule has 2 aromatic rings. The van der Waals surface area contributed by atoms with Gasteiger partial charge in [-0.05, 0) is 61.6 Å². The van der Waals surface area contributed by atoms with Gasteiger partial charge in [0.2, 0.25) is 5.91 Å². The first-order chi connectivity index (χ1) is 14.5. The van der Waals surface area contributed by atoms with Crippen molar-refractivity contribution in [3.63, 3.8) is 0 Å². The Bertz CT molecular complexity index is 916. The number of aromatic nitrogens is 2. The summed E-state index contributed by atoms with van der Waals surface area (Å²) in [7, 11) is 3.67. The van der Waals surface area contributed by atoms with E-state index in [2.05, 4.69) is 32.8 Å². The van der Waals surface area contributed by atoms with Gasteiger partial charge in [-0.3, -0.25) is 4.79 Å². The molecule has 7 heteroatoms. The summed E-state index contributed by atoms with van der Waals surface area (Å²) in [5.41, 5.74) is 1.97. The molecule has 0 aliphatic carbocycles. The number of carbonyl (C=O) groups excluding carboxylic acids is 1. The van der Waals surface area contributed by atoms with E-state index < -0.39 is 0 Å². The van der Waals surface area contributed by atoms with Gasteiger partial charge in [0.05, 0.1) is 5.69 Å². The van der Waals surface area contributed by atoms with E-state index in [-0.39, 0.29) is 11.7 Å². The van der Waals surface area contributed by atoms with Gasteiger partial charge in [-0.2, -0.15) is 0 Å². The quantitative estimate of drug-likeness (QED) is 0.661. The molecule has 1 aromatic carbocycles. The molecule has 1 amide bonds. The van der Waals surface area contributed by atoms with Crippen LogP contribution in [0.25, 0.3) is 17.3 Å².